The molecule has 0 N–H and O–H groups in total. The first-order valence-electron chi connectivity index (χ1n) is 5.45. The highest BCUT2D eigenvalue weighted by Crippen LogP contribution is 2.11. The van der Waals surface area contributed by atoms with Crippen LogP contribution in [0.4, 0.5) is 0 Å². The van der Waals surface area contributed by atoms with Crippen molar-refractivity contribution in [3.63, 3.8) is 0 Å². The first-order valence-corrected chi connectivity index (χ1v) is 5.45. The van der Waals surface area contributed by atoms with Crippen molar-refractivity contribution in [2.75, 3.05) is 14.2 Å². The van der Waals surface area contributed by atoms with Gasteiger partial charge in [0.15, 0.2) is 6.29 Å². The molecule has 17 heavy (non-hydrogen) atoms. The Balaban J connectivity index is 2.44. The van der Waals surface area contributed by atoms with E-state index in [-0.39, 0.29) is 12.6 Å². The van der Waals surface area contributed by atoms with Gasteiger partial charge < -0.3 is 14.2 Å². The van der Waals surface area contributed by atoms with E-state index in [9.17, 15) is 4.79 Å². The number of hydrogen-bond acceptors (Lipinski definition) is 4. The molecule has 0 aliphatic carbocycles. The Hall–Kier alpha value is -1.39. The molecule has 0 aromatic heterocycles. The zero-order valence-electron chi connectivity index (χ0n) is 10.4. The smallest absolute Gasteiger partial charge is 0.314 e. The number of methoxy groups -OCH3 is 2. The average Bonchev–Trinajstić information content (AvgIpc) is 2.38. The van der Waals surface area contributed by atoms with Gasteiger partial charge in [-0.25, -0.2) is 0 Å². The molecule has 0 amide bonds. The maximum atomic E-state index is 11.7. The molecule has 0 aliphatic rings. The van der Waals surface area contributed by atoms with Gasteiger partial charge in [-0.1, -0.05) is 30.3 Å². The molecule has 1 aromatic carbocycles. The number of carbonyl (C=O) groups is 1. The third-order valence-electron chi connectivity index (χ3n) is 2.47. The van der Waals surface area contributed by atoms with Gasteiger partial charge in [0.25, 0.3) is 0 Å². The van der Waals surface area contributed by atoms with Gasteiger partial charge >= 0.3 is 5.97 Å². The molecule has 0 aliphatic heterocycles. The Kier molecular flexibility index (Phi) is 5.66. The number of benzene rings is 1. The minimum atomic E-state index is -0.571. The predicted molar refractivity (Wildman–Crippen MR) is 63.2 cm³/mol. The van der Waals surface area contributed by atoms with Crippen molar-refractivity contribution >= 4 is 5.97 Å². The van der Waals surface area contributed by atoms with E-state index in [4.69, 9.17) is 14.2 Å². The normalized spacial score (nSPS) is 12.5. The van der Waals surface area contributed by atoms with Crippen LogP contribution in [-0.4, -0.2) is 26.5 Å². The van der Waals surface area contributed by atoms with Gasteiger partial charge in [-0.2, -0.15) is 0 Å². The zero-order chi connectivity index (χ0) is 12.7. The van der Waals surface area contributed by atoms with Crippen LogP contribution in [0, 0.1) is 5.92 Å². The van der Waals surface area contributed by atoms with E-state index in [2.05, 4.69) is 0 Å². The predicted octanol–water partition coefficient (Wildman–Crippen LogP) is 1.98. The summed E-state index contributed by atoms with van der Waals surface area (Å²) in [6.07, 6.45) is -0.571. The second-order valence-corrected chi connectivity index (χ2v) is 3.72. The van der Waals surface area contributed by atoms with Crippen molar-refractivity contribution in [1.29, 1.82) is 0 Å². The molecular formula is C13H18O4. The molecule has 4 heteroatoms. The Morgan fingerprint density at radius 2 is 1.76 bits per heavy atom. The lowest BCUT2D eigenvalue weighted by Crippen LogP contribution is -2.30. The van der Waals surface area contributed by atoms with E-state index in [0.717, 1.165) is 5.56 Å². The molecule has 0 heterocycles. The molecule has 0 radical (unpaired) electrons. The lowest BCUT2D eigenvalue weighted by molar-refractivity contribution is -0.175. The van der Waals surface area contributed by atoms with E-state index in [1.807, 2.05) is 30.3 Å². The minimum Gasteiger partial charge on any atom is -0.460 e. The molecule has 1 rings (SSSR count). The van der Waals surface area contributed by atoms with E-state index < -0.39 is 12.2 Å². The third kappa shape index (κ3) is 4.17. The molecule has 1 aromatic rings. The third-order valence-corrected chi connectivity index (χ3v) is 2.47. The highest BCUT2D eigenvalue weighted by atomic mass is 16.7. The minimum absolute atomic E-state index is 0.268. The maximum Gasteiger partial charge on any atom is 0.314 e. The van der Waals surface area contributed by atoms with Crippen LogP contribution in [0.25, 0.3) is 0 Å². The van der Waals surface area contributed by atoms with Gasteiger partial charge in [0.2, 0.25) is 0 Å². The summed E-state index contributed by atoms with van der Waals surface area (Å²) in [7, 11) is 2.99. The maximum absolute atomic E-state index is 11.7. The summed E-state index contributed by atoms with van der Waals surface area (Å²) < 4.78 is 15.2. The largest absolute Gasteiger partial charge is 0.460 e. The van der Waals surface area contributed by atoms with Crippen LogP contribution >= 0.6 is 0 Å². The highest BCUT2D eigenvalue weighted by molar-refractivity contribution is 5.72. The van der Waals surface area contributed by atoms with Crippen LogP contribution in [0.1, 0.15) is 12.5 Å². The fourth-order valence-electron chi connectivity index (χ4n) is 1.48. The Morgan fingerprint density at radius 3 is 2.29 bits per heavy atom. The molecule has 4 nitrogen and oxygen atoms in total. The van der Waals surface area contributed by atoms with Crippen molar-refractivity contribution in [3.8, 4) is 0 Å². The summed E-state index contributed by atoms with van der Waals surface area (Å²) in [5.74, 6) is -0.781. The molecule has 1 atom stereocenters. The SMILES string of the molecule is COC(OC)[C@H](C)C(=O)OCc1ccccc1. The van der Waals surface area contributed by atoms with E-state index >= 15 is 0 Å². The second kappa shape index (κ2) is 7.04. The Morgan fingerprint density at radius 1 is 1.18 bits per heavy atom. The van der Waals surface area contributed by atoms with Gasteiger partial charge in [-0.05, 0) is 12.5 Å². The van der Waals surface area contributed by atoms with Gasteiger partial charge in [0.05, 0.1) is 0 Å². The number of carbonyl (C=O) groups excluding carboxylic acids is 1. The van der Waals surface area contributed by atoms with Crippen molar-refractivity contribution in [3.05, 3.63) is 35.9 Å². The van der Waals surface area contributed by atoms with E-state index in [1.54, 1.807) is 6.92 Å². The summed E-state index contributed by atoms with van der Waals surface area (Å²) in [5, 5.41) is 0. The molecule has 0 unspecified atom stereocenters. The first kappa shape index (κ1) is 13.7. The molecule has 0 spiro atoms. The zero-order valence-corrected chi connectivity index (χ0v) is 10.4. The molecule has 0 fully saturated rings. The lowest BCUT2D eigenvalue weighted by Gasteiger charge is -2.19. The fraction of sp³-hybridized carbons (Fsp3) is 0.462. The average molecular weight is 238 g/mol. The number of ether oxygens (including phenoxy) is 3. The summed E-state index contributed by atoms with van der Waals surface area (Å²) in [4.78, 5) is 11.7. The molecule has 0 saturated carbocycles. The summed E-state index contributed by atoms with van der Waals surface area (Å²) in [5.41, 5.74) is 0.958. The van der Waals surface area contributed by atoms with Crippen molar-refractivity contribution in [2.24, 2.45) is 5.92 Å². The van der Waals surface area contributed by atoms with Gasteiger partial charge in [-0.3, -0.25) is 4.79 Å². The second-order valence-electron chi connectivity index (χ2n) is 3.72. The molecule has 0 bridgehead atoms. The van der Waals surface area contributed by atoms with Crippen LogP contribution < -0.4 is 0 Å². The highest BCUT2D eigenvalue weighted by Gasteiger charge is 2.24. The van der Waals surface area contributed by atoms with Crippen LogP contribution in [0.2, 0.25) is 0 Å². The number of hydrogen-bond donors (Lipinski definition) is 0. The molecule has 94 valence electrons. The summed E-state index contributed by atoms with van der Waals surface area (Å²) >= 11 is 0. The summed E-state index contributed by atoms with van der Waals surface area (Å²) in [6.45, 7) is 1.98. The lowest BCUT2D eigenvalue weighted by atomic mass is 10.2. The van der Waals surface area contributed by atoms with E-state index in [0.29, 0.717) is 0 Å². The van der Waals surface area contributed by atoms with Crippen molar-refractivity contribution in [2.45, 2.75) is 19.8 Å². The molecular weight excluding hydrogens is 220 g/mol. The van der Waals surface area contributed by atoms with Crippen LogP contribution in [0.15, 0.2) is 30.3 Å². The van der Waals surface area contributed by atoms with Crippen LogP contribution in [0.3, 0.4) is 0 Å². The molecule has 0 saturated heterocycles. The van der Waals surface area contributed by atoms with Crippen LogP contribution in [-0.2, 0) is 25.6 Å². The van der Waals surface area contributed by atoms with Crippen LogP contribution in [0.5, 0.6) is 0 Å². The van der Waals surface area contributed by atoms with Crippen molar-refractivity contribution in [1.82, 2.24) is 0 Å². The fourth-order valence-corrected chi connectivity index (χ4v) is 1.48. The topological polar surface area (TPSA) is 44.8 Å². The number of rotatable bonds is 6. The number of esters is 1. The van der Waals surface area contributed by atoms with Gasteiger partial charge in [-0.15, -0.1) is 0 Å². The van der Waals surface area contributed by atoms with Gasteiger partial charge in [0, 0.05) is 14.2 Å². The van der Waals surface area contributed by atoms with Gasteiger partial charge in [0.1, 0.15) is 12.5 Å². The Labute approximate surface area is 101 Å². The standard InChI is InChI=1S/C13H18O4/c1-10(13(15-2)16-3)12(14)17-9-11-7-5-4-6-8-11/h4-8,10,13H,9H2,1-3H3/t10-/m1/s1. The van der Waals surface area contributed by atoms with Crippen molar-refractivity contribution < 1.29 is 19.0 Å². The monoisotopic (exact) mass is 238 g/mol. The quantitative estimate of drug-likeness (QED) is 0.561. The Bertz CT molecular complexity index is 333. The van der Waals surface area contributed by atoms with E-state index in [1.165, 1.54) is 14.2 Å². The first-order chi connectivity index (χ1) is 8.19. The summed E-state index contributed by atoms with van der Waals surface area (Å²) in [6, 6.07) is 9.53.